The molecule has 0 aliphatic carbocycles. The molecular formula is C10H14BN2O2. The van der Waals surface area contributed by atoms with E-state index in [2.05, 4.69) is 10.2 Å². The van der Waals surface area contributed by atoms with Gasteiger partial charge >= 0.3 is 7.69 Å². The highest BCUT2D eigenvalue weighted by molar-refractivity contribution is 6.17. The number of piperazine rings is 1. The first kappa shape index (κ1) is 10.3. The molecule has 0 amide bonds. The Labute approximate surface area is 90.2 Å². The maximum Gasteiger partial charge on any atom is 0.569 e. The Morgan fingerprint density at radius 1 is 1.20 bits per heavy atom. The molecule has 0 unspecified atom stereocenters. The van der Waals surface area contributed by atoms with Crippen LogP contribution < -0.4 is 14.9 Å². The van der Waals surface area contributed by atoms with Crippen molar-refractivity contribution in [3.63, 3.8) is 0 Å². The lowest BCUT2D eigenvalue weighted by molar-refractivity contribution is 0.454. The monoisotopic (exact) mass is 205 g/mol. The van der Waals surface area contributed by atoms with Crippen LogP contribution in [-0.2, 0) is 0 Å². The van der Waals surface area contributed by atoms with E-state index in [1.54, 1.807) is 0 Å². The first-order valence-corrected chi connectivity index (χ1v) is 5.08. The minimum atomic E-state index is 0.649. The molecule has 1 aromatic rings. The maximum atomic E-state index is 8.47. The summed E-state index contributed by atoms with van der Waals surface area (Å²) in [6, 6.07) is 7.71. The van der Waals surface area contributed by atoms with E-state index in [1.165, 1.54) is 5.69 Å². The van der Waals surface area contributed by atoms with Gasteiger partial charge in [-0.2, -0.15) is 0 Å². The molecule has 1 heterocycles. The number of hydrogen-bond donors (Lipinski definition) is 2. The summed E-state index contributed by atoms with van der Waals surface area (Å²) in [4.78, 5) is 2.32. The van der Waals surface area contributed by atoms with Gasteiger partial charge in [-0.15, -0.1) is 0 Å². The number of anilines is 1. The smallest absolute Gasteiger partial charge is 0.537 e. The van der Waals surface area contributed by atoms with Crippen molar-refractivity contribution in [2.45, 2.75) is 0 Å². The summed E-state index contributed by atoms with van der Waals surface area (Å²) in [6.45, 7) is 4.13. The van der Waals surface area contributed by atoms with Gasteiger partial charge < -0.3 is 19.9 Å². The lowest BCUT2D eigenvalue weighted by Crippen LogP contribution is -2.43. The molecule has 2 N–H and O–H groups in total. The predicted octanol–water partition coefficient (Wildman–Crippen LogP) is 0.00150. The molecule has 0 aromatic heterocycles. The Morgan fingerprint density at radius 2 is 1.87 bits per heavy atom. The standard InChI is InChI=1S/C10H14BN2O2/c14-11-15-10-3-1-9(2-4-10)13-7-5-12-6-8-13/h1-4,12,14H,5-8H2. The second-order valence-corrected chi connectivity index (χ2v) is 3.45. The summed E-state index contributed by atoms with van der Waals surface area (Å²) in [5.74, 6) is 0.649. The maximum absolute atomic E-state index is 8.47. The van der Waals surface area contributed by atoms with E-state index in [0.29, 0.717) is 13.4 Å². The molecule has 4 nitrogen and oxygen atoms in total. The summed E-state index contributed by atoms with van der Waals surface area (Å²) in [7, 11) is 0.694. The van der Waals surface area contributed by atoms with E-state index >= 15 is 0 Å². The van der Waals surface area contributed by atoms with Crippen LogP contribution in [0.4, 0.5) is 5.69 Å². The van der Waals surface area contributed by atoms with Crippen molar-refractivity contribution in [2.24, 2.45) is 0 Å². The fraction of sp³-hybridized carbons (Fsp3) is 0.400. The van der Waals surface area contributed by atoms with Crippen molar-refractivity contribution in [3.8, 4) is 5.75 Å². The average molecular weight is 205 g/mol. The van der Waals surface area contributed by atoms with Gasteiger partial charge in [-0.05, 0) is 24.3 Å². The van der Waals surface area contributed by atoms with Gasteiger partial charge in [-0.25, -0.2) is 0 Å². The highest BCUT2D eigenvalue weighted by Gasteiger charge is 2.09. The second kappa shape index (κ2) is 5.05. The number of benzene rings is 1. The molecule has 0 bridgehead atoms. The molecule has 1 radical (unpaired) electrons. The Bertz CT molecular complexity index is 299. The number of hydrogen-bond acceptors (Lipinski definition) is 4. The van der Waals surface area contributed by atoms with Gasteiger partial charge in [0.25, 0.3) is 0 Å². The predicted molar refractivity (Wildman–Crippen MR) is 60.1 cm³/mol. The van der Waals surface area contributed by atoms with E-state index in [0.717, 1.165) is 26.2 Å². The first-order valence-electron chi connectivity index (χ1n) is 5.08. The topological polar surface area (TPSA) is 44.7 Å². The summed E-state index contributed by atoms with van der Waals surface area (Å²) >= 11 is 0. The molecule has 0 saturated carbocycles. The molecular weight excluding hydrogens is 191 g/mol. The third kappa shape index (κ3) is 2.64. The molecule has 0 spiro atoms. The van der Waals surface area contributed by atoms with Crippen LogP contribution in [0.3, 0.4) is 0 Å². The lowest BCUT2D eigenvalue weighted by Gasteiger charge is -2.29. The Hall–Kier alpha value is -1.20. The molecule has 79 valence electrons. The summed E-state index contributed by atoms with van der Waals surface area (Å²) < 4.78 is 4.85. The van der Waals surface area contributed by atoms with Crippen LogP contribution in [0.2, 0.25) is 0 Å². The van der Waals surface area contributed by atoms with Crippen molar-refractivity contribution < 1.29 is 9.68 Å². The van der Waals surface area contributed by atoms with E-state index in [-0.39, 0.29) is 0 Å². The molecule has 1 aliphatic heterocycles. The Balaban J connectivity index is 2.02. The van der Waals surface area contributed by atoms with Crippen LogP contribution in [0.1, 0.15) is 0 Å². The average Bonchev–Trinajstić information content (AvgIpc) is 2.32. The van der Waals surface area contributed by atoms with Gasteiger partial charge in [0.2, 0.25) is 0 Å². The van der Waals surface area contributed by atoms with Gasteiger partial charge in [0.1, 0.15) is 5.75 Å². The quantitative estimate of drug-likeness (QED) is 0.682. The van der Waals surface area contributed by atoms with Crippen molar-refractivity contribution in [2.75, 3.05) is 31.1 Å². The minimum Gasteiger partial charge on any atom is -0.537 e. The summed E-state index contributed by atoms with van der Waals surface area (Å²) in [5, 5.41) is 11.8. The fourth-order valence-corrected chi connectivity index (χ4v) is 1.72. The van der Waals surface area contributed by atoms with Crippen molar-refractivity contribution in [3.05, 3.63) is 24.3 Å². The van der Waals surface area contributed by atoms with E-state index in [4.69, 9.17) is 9.68 Å². The minimum absolute atomic E-state index is 0.649. The van der Waals surface area contributed by atoms with Crippen molar-refractivity contribution in [1.82, 2.24) is 5.32 Å². The van der Waals surface area contributed by atoms with Gasteiger partial charge in [0, 0.05) is 31.9 Å². The van der Waals surface area contributed by atoms with Gasteiger partial charge in [0.15, 0.2) is 0 Å². The van der Waals surface area contributed by atoms with Crippen LogP contribution in [0.5, 0.6) is 5.75 Å². The van der Waals surface area contributed by atoms with Crippen LogP contribution in [0.15, 0.2) is 24.3 Å². The number of rotatable bonds is 3. The zero-order valence-corrected chi connectivity index (χ0v) is 8.52. The van der Waals surface area contributed by atoms with Gasteiger partial charge in [-0.3, -0.25) is 0 Å². The number of nitrogens with zero attached hydrogens (tertiary/aromatic N) is 1. The van der Waals surface area contributed by atoms with Crippen molar-refractivity contribution >= 4 is 13.4 Å². The highest BCUT2D eigenvalue weighted by atomic mass is 16.5. The third-order valence-corrected chi connectivity index (χ3v) is 2.51. The highest BCUT2D eigenvalue weighted by Crippen LogP contribution is 2.19. The molecule has 1 aromatic carbocycles. The van der Waals surface area contributed by atoms with Crippen molar-refractivity contribution in [1.29, 1.82) is 0 Å². The first-order chi connectivity index (χ1) is 7.40. The molecule has 2 rings (SSSR count). The fourth-order valence-electron chi connectivity index (χ4n) is 1.72. The number of nitrogens with one attached hydrogen (secondary N) is 1. The second-order valence-electron chi connectivity index (χ2n) is 3.45. The largest absolute Gasteiger partial charge is 0.569 e. The lowest BCUT2D eigenvalue weighted by atomic mass is 10.2. The zero-order chi connectivity index (χ0) is 10.5. The van der Waals surface area contributed by atoms with E-state index in [1.807, 2.05) is 24.3 Å². The molecule has 1 fully saturated rings. The molecule has 1 saturated heterocycles. The SMILES string of the molecule is O[B]Oc1ccc(N2CCNCC2)cc1. The van der Waals surface area contributed by atoms with E-state index in [9.17, 15) is 0 Å². The van der Waals surface area contributed by atoms with Crippen LogP contribution in [0, 0.1) is 0 Å². The normalized spacial score (nSPS) is 16.2. The third-order valence-electron chi connectivity index (χ3n) is 2.51. The van der Waals surface area contributed by atoms with Gasteiger partial charge in [-0.1, -0.05) is 0 Å². The van der Waals surface area contributed by atoms with Gasteiger partial charge in [0.05, 0.1) is 0 Å². The summed E-state index contributed by atoms with van der Waals surface area (Å²) in [5.41, 5.74) is 1.20. The zero-order valence-electron chi connectivity index (χ0n) is 8.52. The molecule has 15 heavy (non-hydrogen) atoms. The molecule has 1 aliphatic rings. The molecule has 5 heteroatoms. The van der Waals surface area contributed by atoms with Crippen LogP contribution in [-0.4, -0.2) is 38.9 Å². The van der Waals surface area contributed by atoms with E-state index < -0.39 is 0 Å². The molecule has 0 atom stereocenters. The Kier molecular flexibility index (Phi) is 3.47. The Morgan fingerprint density at radius 3 is 2.47 bits per heavy atom. The van der Waals surface area contributed by atoms with Crippen LogP contribution >= 0.6 is 0 Å². The summed E-state index contributed by atoms with van der Waals surface area (Å²) in [6.07, 6.45) is 0. The van der Waals surface area contributed by atoms with Crippen LogP contribution in [0.25, 0.3) is 0 Å².